The topological polar surface area (TPSA) is 3.24 Å². The standard InChI is InChI=1S/C11H19N/c1-6-10(3)8-9-11(4)12(5)7-2/h8-9H,3-4,6-7H2,1-2,5H3/b9-8-. The van der Waals surface area contributed by atoms with Crippen molar-refractivity contribution in [2.75, 3.05) is 13.6 Å². The van der Waals surface area contributed by atoms with E-state index in [1.807, 2.05) is 19.2 Å². The summed E-state index contributed by atoms with van der Waals surface area (Å²) in [6.07, 6.45) is 5.03. The lowest BCUT2D eigenvalue weighted by Gasteiger charge is -2.16. The van der Waals surface area contributed by atoms with Gasteiger partial charge >= 0.3 is 0 Å². The molecule has 1 heteroatoms. The average molecular weight is 165 g/mol. The molecule has 0 aromatic heterocycles. The van der Waals surface area contributed by atoms with Crippen molar-refractivity contribution < 1.29 is 0 Å². The van der Waals surface area contributed by atoms with Crippen molar-refractivity contribution in [3.63, 3.8) is 0 Å². The van der Waals surface area contributed by atoms with Crippen LogP contribution in [-0.4, -0.2) is 18.5 Å². The number of allylic oxidation sites excluding steroid dienone is 3. The van der Waals surface area contributed by atoms with Gasteiger partial charge in [-0.2, -0.15) is 0 Å². The fraction of sp³-hybridized carbons (Fsp3) is 0.455. The molecule has 0 atom stereocenters. The molecular weight excluding hydrogens is 146 g/mol. The minimum Gasteiger partial charge on any atom is -0.375 e. The molecule has 0 N–H and O–H groups in total. The molecule has 0 heterocycles. The normalized spacial score (nSPS) is 10.2. The Bertz CT molecular complexity index is 189. The molecule has 0 aromatic rings. The van der Waals surface area contributed by atoms with Gasteiger partial charge in [-0.1, -0.05) is 31.7 Å². The highest BCUT2D eigenvalue weighted by molar-refractivity contribution is 5.22. The third-order valence-corrected chi connectivity index (χ3v) is 1.93. The highest BCUT2D eigenvalue weighted by atomic mass is 15.1. The third-order valence-electron chi connectivity index (χ3n) is 1.93. The van der Waals surface area contributed by atoms with E-state index in [1.165, 1.54) is 0 Å². The Morgan fingerprint density at radius 3 is 2.25 bits per heavy atom. The zero-order valence-corrected chi connectivity index (χ0v) is 8.43. The number of hydrogen-bond acceptors (Lipinski definition) is 1. The van der Waals surface area contributed by atoms with E-state index in [9.17, 15) is 0 Å². The minimum atomic E-state index is 0.988. The monoisotopic (exact) mass is 165 g/mol. The largest absolute Gasteiger partial charge is 0.375 e. The van der Waals surface area contributed by atoms with E-state index in [0.717, 1.165) is 24.2 Å². The van der Waals surface area contributed by atoms with Crippen LogP contribution in [0.25, 0.3) is 0 Å². The van der Waals surface area contributed by atoms with E-state index < -0.39 is 0 Å². The fourth-order valence-corrected chi connectivity index (χ4v) is 0.662. The molecule has 0 aliphatic heterocycles. The lowest BCUT2D eigenvalue weighted by molar-refractivity contribution is 0.458. The van der Waals surface area contributed by atoms with Gasteiger partial charge in [0.15, 0.2) is 0 Å². The summed E-state index contributed by atoms with van der Waals surface area (Å²) in [7, 11) is 2.03. The van der Waals surface area contributed by atoms with Gasteiger partial charge in [0.1, 0.15) is 0 Å². The molecular formula is C11H19N. The van der Waals surface area contributed by atoms with E-state index >= 15 is 0 Å². The first-order valence-electron chi connectivity index (χ1n) is 4.37. The third kappa shape index (κ3) is 4.02. The van der Waals surface area contributed by atoms with Crippen LogP contribution in [0.3, 0.4) is 0 Å². The summed E-state index contributed by atoms with van der Waals surface area (Å²) in [6, 6.07) is 0. The van der Waals surface area contributed by atoms with Gasteiger partial charge in [-0.05, 0) is 19.4 Å². The summed E-state index contributed by atoms with van der Waals surface area (Å²) < 4.78 is 0. The summed E-state index contributed by atoms with van der Waals surface area (Å²) >= 11 is 0. The first-order valence-corrected chi connectivity index (χ1v) is 4.37. The second-order valence-electron chi connectivity index (χ2n) is 2.85. The van der Waals surface area contributed by atoms with E-state index in [1.54, 1.807) is 0 Å². The van der Waals surface area contributed by atoms with Gasteiger partial charge in [0.2, 0.25) is 0 Å². The number of hydrogen-bond donors (Lipinski definition) is 0. The van der Waals surface area contributed by atoms with Crippen LogP contribution in [0.2, 0.25) is 0 Å². The van der Waals surface area contributed by atoms with Gasteiger partial charge < -0.3 is 4.90 Å². The Kier molecular flexibility index (Phi) is 5.18. The molecule has 68 valence electrons. The van der Waals surface area contributed by atoms with Gasteiger partial charge in [-0.25, -0.2) is 0 Å². The van der Waals surface area contributed by atoms with Crippen molar-refractivity contribution in [1.29, 1.82) is 0 Å². The zero-order valence-electron chi connectivity index (χ0n) is 8.43. The first kappa shape index (κ1) is 11.0. The van der Waals surface area contributed by atoms with Crippen LogP contribution in [0, 0.1) is 0 Å². The summed E-state index contributed by atoms with van der Waals surface area (Å²) in [5, 5.41) is 0. The van der Waals surface area contributed by atoms with Crippen LogP contribution in [0.5, 0.6) is 0 Å². The summed E-state index contributed by atoms with van der Waals surface area (Å²) in [4.78, 5) is 2.10. The molecule has 0 saturated heterocycles. The van der Waals surface area contributed by atoms with Gasteiger partial charge in [-0.3, -0.25) is 0 Å². The van der Waals surface area contributed by atoms with Crippen molar-refractivity contribution in [1.82, 2.24) is 4.90 Å². The van der Waals surface area contributed by atoms with Gasteiger partial charge in [0.25, 0.3) is 0 Å². The van der Waals surface area contributed by atoms with Crippen LogP contribution in [-0.2, 0) is 0 Å². The van der Waals surface area contributed by atoms with E-state index in [2.05, 4.69) is 31.9 Å². The first-order chi connectivity index (χ1) is 5.61. The van der Waals surface area contributed by atoms with E-state index in [4.69, 9.17) is 0 Å². The molecule has 0 amide bonds. The van der Waals surface area contributed by atoms with Crippen molar-refractivity contribution in [2.45, 2.75) is 20.3 Å². The van der Waals surface area contributed by atoms with Crippen molar-refractivity contribution in [2.24, 2.45) is 0 Å². The number of nitrogens with zero attached hydrogens (tertiary/aromatic N) is 1. The van der Waals surface area contributed by atoms with Crippen LogP contribution >= 0.6 is 0 Å². The molecule has 0 spiro atoms. The Labute approximate surface area is 76.1 Å². The molecule has 0 bridgehead atoms. The van der Waals surface area contributed by atoms with Crippen LogP contribution < -0.4 is 0 Å². The predicted octanol–water partition coefficient (Wildman–Crippen LogP) is 2.97. The van der Waals surface area contributed by atoms with Crippen LogP contribution in [0.4, 0.5) is 0 Å². The van der Waals surface area contributed by atoms with Gasteiger partial charge in [0.05, 0.1) is 0 Å². The molecule has 0 unspecified atom stereocenters. The maximum atomic E-state index is 3.93. The van der Waals surface area contributed by atoms with E-state index in [-0.39, 0.29) is 0 Å². The Morgan fingerprint density at radius 1 is 1.25 bits per heavy atom. The summed E-state index contributed by atoms with van der Waals surface area (Å²) in [5.41, 5.74) is 2.17. The zero-order chi connectivity index (χ0) is 9.56. The molecule has 0 aromatic carbocycles. The maximum Gasteiger partial charge on any atom is 0.0290 e. The number of likely N-dealkylation sites (N-methyl/N-ethyl adjacent to an activating group) is 1. The van der Waals surface area contributed by atoms with Crippen LogP contribution in [0.1, 0.15) is 20.3 Å². The molecule has 0 saturated carbocycles. The fourth-order valence-electron chi connectivity index (χ4n) is 0.662. The van der Waals surface area contributed by atoms with Crippen molar-refractivity contribution in [3.05, 3.63) is 36.6 Å². The molecule has 0 radical (unpaired) electrons. The SMILES string of the molecule is C=C(/C=C\C(=C)N(C)CC)CC. The lowest BCUT2D eigenvalue weighted by Crippen LogP contribution is -2.14. The van der Waals surface area contributed by atoms with Crippen molar-refractivity contribution >= 4 is 0 Å². The Balaban J connectivity index is 3.99. The second-order valence-corrected chi connectivity index (χ2v) is 2.85. The summed E-state index contributed by atoms with van der Waals surface area (Å²) in [6.45, 7) is 13.0. The summed E-state index contributed by atoms with van der Waals surface area (Å²) in [5.74, 6) is 0. The highest BCUT2D eigenvalue weighted by Crippen LogP contribution is 2.04. The average Bonchev–Trinajstić information content (AvgIpc) is 2.11. The molecule has 0 aliphatic carbocycles. The van der Waals surface area contributed by atoms with E-state index in [0.29, 0.717) is 0 Å². The molecule has 0 fully saturated rings. The Morgan fingerprint density at radius 2 is 1.83 bits per heavy atom. The molecule has 12 heavy (non-hydrogen) atoms. The van der Waals surface area contributed by atoms with Gasteiger partial charge in [-0.15, -0.1) is 0 Å². The quantitative estimate of drug-likeness (QED) is 0.566. The number of rotatable bonds is 5. The Hall–Kier alpha value is -0.980. The smallest absolute Gasteiger partial charge is 0.0290 e. The maximum absolute atomic E-state index is 3.93. The molecule has 0 rings (SSSR count). The van der Waals surface area contributed by atoms with Crippen LogP contribution in [0.15, 0.2) is 36.6 Å². The molecule has 1 nitrogen and oxygen atoms in total. The predicted molar refractivity (Wildman–Crippen MR) is 56.0 cm³/mol. The lowest BCUT2D eigenvalue weighted by atomic mass is 10.2. The molecule has 0 aliphatic rings. The van der Waals surface area contributed by atoms with Gasteiger partial charge in [0, 0.05) is 19.3 Å². The minimum absolute atomic E-state index is 0.988. The van der Waals surface area contributed by atoms with Crippen molar-refractivity contribution in [3.8, 4) is 0 Å². The highest BCUT2D eigenvalue weighted by Gasteiger charge is 1.92. The second kappa shape index (κ2) is 5.64.